The molecule has 0 unspecified atom stereocenters. The lowest BCUT2D eigenvalue weighted by Crippen LogP contribution is -2.26. The number of benzene rings is 3. The Morgan fingerprint density at radius 1 is 0.949 bits per heavy atom. The predicted octanol–water partition coefficient (Wildman–Crippen LogP) is 7.28. The normalized spacial score (nSPS) is 11.9. The third kappa shape index (κ3) is 6.00. The third-order valence-corrected chi connectivity index (χ3v) is 8.56. The van der Waals surface area contributed by atoms with Crippen LogP contribution in [-0.4, -0.2) is 19.5 Å². The highest BCUT2D eigenvalue weighted by atomic mass is 32.2. The molecule has 0 bridgehead atoms. The maximum Gasteiger partial charge on any atom is 0.414 e. The molecule has 1 amide bonds. The topological polar surface area (TPSA) is 100 Å². The number of H-pyrrole nitrogens is 1. The van der Waals surface area contributed by atoms with E-state index in [1.807, 2.05) is 60.0 Å². The SMILES string of the molecule is CC(C)(C)c1ccc(S(=O)(=O)Nc2ccc3[nH]c(OC(=O)NCc4cccs4)c(-c4ccccc4)c3c2)cc1. The molecule has 0 aliphatic rings. The van der Waals surface area contributed by atoms with Crippen LogP contribution in [0.4, 0.5) is 10.5 Å². The maximum atomic E-state index is 13.2. The van der Waals surface area contributed by atoms with Crippen molar-refractivity contribution < 1.29 is 17.9 Å². The van der Waals surface area contributed by atoms with Crippen molar-refractivity contribution in [1.29, 1.82) is 0 Å². The van der Waals surface area contributed by atoms with Gasteiger partial charge < -0.3 is 15.0 Å². The molecule has 5 rings (SSSR count). The molecule has 0 aliphatic heterocycles. The summed E-state index contributed by atoms with van der Waals surface area (Å²) in [6, 6.07) is 25.5. The van der Waals surface area contributed by atoms with Crippen molar-refractivity contribution in [2.24, 2.45) is 0 Å². The van der Waals surface area contributed by atoms with Gasteiger partial charge in [0.15, 0.2) is 0 Å². The first-order valence-electron chi connectivity index (χ1n) is 12.4. The van der Waals surface area contributed by atoms with Crippen molar-refractivity contribution in [3.63, 3.8) is 0 Å². The zero-order chi connectivity index (χ0) is 27.6. The highest BCUT2D eigenvalue weighted by Crippen LogP contribution is 2.39. The number of hydrogen-bond donors (Lipinski definition) is 3. The first-order chi connectivity index (χ1) is 18.6. The molecule has 0 saturated carbocycles. The Morgan fingerprint density at radius 3 is 2.36 bits per heavy atom. The van der Waals surface area contributed by atoms with Gasteiger partial charge in [0.2, 0.25) is 5.88 Å². The van der Waals surface area contributed by atoms with Crippen LogP contribution in [0.3, 0.4) is 0 Å². The van der Waals surface area contributed by atoms with E-state index in [2.05, 4.69) is 35.8 Å². The van der Waals surface area contributed by atoms with Crippen LogP contribution in [0, 0.1) is 0 Å². The zero-order valence-electron chi connectivity index (χ0n) is 21.8. The molecule has 5 aromatic rings. The number of amides is 1. The van der Waals surface area contributed by atoms with Crippen molar-refractivity contribution in [1.82, 2.24) is 10.3 Å². The molecule has 2 aromatic heterocycles. The summed E-state index contributed by atoms with van der Waals surface area (Å²) in [5.41, 5.74) is 3.55. The summed E-state index contributed by atoms with van der Waals surface area (Å²) >= 11 is 1.55. The van der Waals surface area contributed by atoms with Crippen LogP contribution in [0.15, 0.2) is 95.2 Å². The second-order valence-electron chi connectivity index (χ2n) is 10.2. The van der Waals surface area contributed by atoms with E-state index in [0.29, 0.717) is 28.7 Å². The van der Waals surface area contributed by atoms with Crippen molar-refractivity contribution in [2.45, 2.75) is 37.6 Å². The van der Waals surface area contributed by atoms with Gasteiger partial charge in [0.25, 0.3) is 10.0 Å². The molecule has 0 aliphatic carbocycles. The molecule has 200 valence electrons. The Labute approximate surface area is 231 Å². The van der Waals surface area contributed by atoms with E-state index in [0.717, 1.165) is 16.0 Å². The Morgan fingerprint density at radius 2 is 1.69 bits per heavy atom. The van der Waals surface area contributed by atoms with Gasteiger partial charge in [0, 0.05) is 21.5 Å². The quantitative estimate of drug-likeness (QED) is 0.195. The van der Waals surface area contributed by atoms with E-state index in [-0.39, 0.29) is 16.2 Å². The Balaban J connectivity index is 1.45. The van der Waals surface area contributed by atoms with E-state index in [4.69, 9.17) is 4.74 Å². The molecule has 3 N–H and O–H groups in total. The fraction of sp³-hybridized carbons (Fsp3) is 0.167. The minimum Gasteiger partial charge on any atom is -0.393 e. The second kappa shape index (κ2) is 10.6. The first-order valence-corrected chi connectivity index (χ1v) is 14.8. The summed E-state index contributed by atoms with van der Waals surface area (Å²) in [6.07, 6.45) is -0.591. The van der Waals surface area contributed by atoms with Crippen molar-refractivity contribution in [3.05, 3.63) is 101 Å². The van der Waals surface area contributed by atoms with Gasteiger partial charge in [-0.3, -0.25) is 4.72 Å². The second-order valence-corrected chi connectivity index (χ2v) is 12.9. The van der Waals surface area contributed by atoms with Gasteiger partial charge in [-0.2, -0.15) is 0 Å². The summed E-state index contributed by atoms with van der Waals surface area (Å²) in [5, 5.41) is 5.43. The van der Waals surface area contributed by atoms with Crippen LogP contribution in [0.5, 0.6) is 5.88 Å². The number of ether oxygens (including phenoxy) is 1. The van der Waals surface area contributed by atoms with Crippen molar-refractivity contribution in [3.8, 4) is 17.0 Å². The number of nitrogens with one attached hydrogen (secondary N) is 3. The van der Waals surface area contributed by atoms with E-state index in [1.165, 1.54) is 0 Å². The lowest BCUT2D eigenvalue weighted by Gasteiger charge is -2.19. The average Bonchev–Trinajstić information content (AvgIpc) is 3.55. The molecule has 9 heteroatoms. The predicted molar refractivity (Wildman–Crippen MR) is 157 cm³/mol. The molecule has 0 radical (unpaired) electrons. The van der Waals surface area contributed by atoms with Crippen molar-refractivity contribution >= 4 is 44.0 Å². The van der Waals surface area contributed by atoms with Crippen LogP contribution in [0.1, 0.15) is 31.2 Å². The maximum absolute atomic E-state index is 13.2. The number of rotatable bonds is 7. The molecule has 0 fully saturated rings. The smallest absolute Gasteiger partial charge is 0.393 e. The molecular weight excluding hydrogens is 530 g/mol. The Kier molecular flexibility index (Phi) is 7.20. The molecule has 0 saturated heterocycles. The highest BCUT2D eigenvalue weighted by Gasteiger charge is 2.21. The summed E-state index contributed by atoms with van der Waals surface area (Å²) in [7, 11) is -3.82. The van der Waals surface area contributed by atoms with Gasteiger partial charge in [0.1, 0.15) is 0 Å². The summed E-state index contributed by atoms with van der Waals surface area (Å²) in [6.45, 7) is 6.60. The lowest BCUT2D eigenvalue weighted by atomic mass is 9.87. The van der Waals surface area contributed by atoms with Crippen LogP contribution in [0.25, 0.3) is 22.0 Å². The molecule has 0 spiro atoms. The van der Waals surface area contributed by atoms with Gasteiger partial charge in [-0.15, -0.1) is 11.3 Å². The molecule has 2 heterocycles. The number of aromatic amines is 1. The van der Waals surface area contributed by atoms with Gasteiger partial charge >= 0.3 is 6.09 Å². The number of thiophene rings is 1. The number of aromatic nitrogens is 1. The molecular formula is C30H29N3O4S2. The zero-order valence-corrected chi connectivity index (χ0v) is 23.4. The summed E-state index contributed by atoms with van der Waals surface area (Å²) in [4.78, 5) is 17.0. The third-order valence-electron chi connectivity index (χ3n) is 6.29. The van der Waals surface area contributed by atoms with Crippen LogP contribution in [0.2, 0.25) is 0 Å². The fourth-order valence-electron chi connectivity index (χ4n) is 4.25. The van der Waals surface area contributed by atoms with Gasteiger partial charge in [-0.25, -0.2) is 13.2 Å². The number of carbonyl (C=O) groups is 1. The van der Waals surface area contributed by atoms with E-state index < -0.39 is 16.1 Å². The van der Waals surface area contributed by atoms with Gasteiger partial charge in [-0.1, -0.05) is 69.3 Å². The number of sulfonamides is 1. The number of anilines is 1. The van der Waals surface area contributed by atoms with Crippen LogP contribution in [-0.2, 0) is 22.0 Å². The minimum absolute atomic E-state index is 0.0798. The molecule has 3 aromatic carbocycles. The highest BCUT2D eigenvalue weighted by molar-refractivity contribution is 7.92. The van der Waals surface area contributed by atoms with E-state index in [9.17, 15) is 13.2 Å². The molecule has 0 atom stereocenters. The number of carbonyl (C=O) groups excluding carboxylic acids is 1. The standard InChI is InChI=1S/C30H29N3O4S2/c1-30(2,3)21-11-14-24(15-12-21)39(35,36)33-22-13-16-26-25(18-22)27(20-8-5-4-6-9-20)28(32-26)37-29(34)31-19-23-10-7-17-38-23/h4-18,32-33H,19H2,1-3H3,(H,31,34). The Hall–Kier alpha value is -4.08. The van der Waals surface area contributed by atoms with E-state index in [1.54, 1.807) is 41.7 Å². The monoisotopic (exact) mass is 559 g/mol. The number of hydrogen-bond acceptors (Lipinski definition) is 5. The lowest BCUT2D eigenvalue weighted by molar-refractivity contribution is 0.199. The fourth-order valence-corrected chi connectivity index (χ4v) is 5.94. The van der Waals surface area contributed by atoms with Crippen LogP contribution < -0.4 is 14.8 Å². The van der Waals surface area contributed by atoms with Crippen LogP contribution >= 0.6 is 11.3 Å². The van der Waals surface area contributed by atoms with E-state index >= 15 is 0 Å². The first kappa shape index (κ1) is 26.5. The largest absolute Gasteiger partial charge is 0.414 e. The average molecular weight is 560 g/mol. The molecule has 7 nitrogen and oxygen atoms in total. The summed E-state index contributed by atoms with van der Waals surface area (Å²) in [5.74, 6) is 0.276. The summed E-state index contributed by atoms with van der Waals surface area (Å²) < 4.78 is 34.7. The van der Waals surface area contributed by atoms with Gasteiger partial charge in [0.05, 0.1) is 17.0 Å². The minimum atomic E-state index is -3.82. The molecule has 39 heavy (non-hydrogen) atoms. The van der Waals surface area contributed by atoms with Gasteiger partial charge in [-0.05, 0) is 58.3 Å². The Bertz CT molecular complexity index is 1700. The number of fused-ring (bicyclic) bond motifs is 1. The van der Waals surface area contributed by atoms with Crippen molar-refractivity contribution in [2.75, 3.05) is 4.72 Å².